The van der Waals surface area contributed by atoms with Crippen molar-refractivity contribution < 1.29 is 4.79 Å². The summed E-state index contributed by atoms with van der Waals surface area (Å²) in [4.78, 5) is 19.2. The first-order chi connectivity index (χ1) is 8.66. The highest BCUT2D eigenvalue weighted by Crippen LogP contribution is 2.23. The maximum Gasteiger partial charge on any atom is 0.248 e. The average molecular weight is 260 g/mol. The van der Waals surface area contributed by atoms with E-state index in [4.69, 9.17) is 11.5 Å². The molecule has 1 aromatic carbocycles. The number of carbonyl (C=O) groups excluding carboxylic acids is 1. The Bertz CT molecular complexity index is 559. The van der Waals surface area contributed by atoms with Crippen LogP contribution >= 0.6 is 11.8 Å². The fraction of sp³-hybridized carbons (Fsp3) is 0.0833. The topological polar surface area (TPSA) is 94.9 Å². The fourth-order valence-corrected chi connectivity index (χ4v) is 2.20. The zero-order valence-electron chi connectivity index (χ0n) is 9.54. The van der Waals surface area contributed by atoms with Crippen LogP contribution in [0.2, 0.25) is 0 Å². The van der Waals surface area contributed by atoms with Gasteiger partial charge in [0.2, 0.25) is 5.91 Å². The summed E-state index contributed by atoms with van der Waals surface area (Å²) in [5, 5.41) is 0.691. The van der Waals surface area contributed by atoms with Crippen molar-refractivity contribution in [1.82, 2.24) is 9.97 Å². The summed E-state index contributed by atoms with van der Waals surface area (Å²) in [6.07, 6.45) is 3.38. The molecule has 0 saturated heterocycles. The minimum atomic E-state index is -0.479. The van der Waals surface area contributed by atoms with Gasteiger partial charge < -0.3 is 11.5 Å². The largest absolute Gasteiger partial charge is 0.398 e. The number of primary amides is 1. The number of benzene rings is 1. The minimum Gasteiger partial charge on any atom is -0.398 e. The molecular formula is C12H12N4OS. The number of hydrogen-bond donors (Lipinski definition) is 2. The van der Waals surface area contributed by atoms with E-state index >= 15 is 0 Å². The van der Waals surface area contributed by atoms with E-state index in [9.17, 15) is 4.79 Å². The van der Waals surface area contributed by atoms with Crippen molar-refractivity contribution in [1.29, 1.82) is 0 Å². The SMILES string of the molecule is NC(=O)c1ccc(CSc2ncccn2)c(N)c1. The van der Waals surface area contributed by atoms with E-state index in [0.717, 1.165) is 5.56 Å². The lowest BCUT2D eigenvalue weighted by Gasteiger charge is -2.06. The fourth-order valence-electron chi connectivity index (χ4n) is 1.38. The van der Waals surface area contributed by atoms with E-state index in [2.05, 4.69) is 9.97 Å². The van der Waals surface area contributed by atoms with Crippen molar-refractivity contribution in [2.45, 2.75) is 10.9 Å². The molecule has 1 aromatic heterocycles. The van der Waals surface area contributed by atoms with Crippen LogP contribution in [0, 0.1) is 0 Å². The molecule has 4 N–H and O–H groups in total. The maximum atomic E-state index is 11.0. The summed E-state index contributed by atoms with van der Waals surface area (Å²) in [6.45, 7) is 0. The molecule has 0 radical (unpaired) electrons. The first-order valence-corrected chi connectivity index (χ1v) is 6.23. The molecule has 0 aliphatic rings. The van der Waals surface area contributed by atoms with Gasteiger partial charge in [-0.1, -0.05) is 17.8 Å². The minimum absolute atomic E-state index is 0.414. The van der Waals surface area contributed by atoms with Gasteiger partial charge in [-0.3, -0.25) is 4.79 Å². The quantitative estimate of drug-likeness (QED) is 0.493. The highest BCUT2D eigenvalue weighted by Gasteiger charge is 2.06. The van der Waals surface area contributed by atoms with Gasteiger partial charge in [0, 0.05) is 29.4 Å². The molecule has 0 saturated carbocycles. The van der Waals surface area contributed by atoms with Crippen LogP contribution in [0.5, 0.6) is 0 Å². The maximum absolute atomic E-state index is 11.0. The van der Waals surface area contributed by atoms with Gasteiger partial charge in [-0.15, -0.1) is 0 Å². The third kappa shape index (κ3) is 2.98. The molecule has 18 heavy (non-hydrogen) atoms. The number of nitrogens with two attached hydrogens (primary N) is 2. The molecule has 0 bridgehead atoms. The van der Waals surface area contributed by atoms with Crippen LogP contribution in [0.25, 0.3) is 0 Å². The van der Waals surface area contributed by atoms with Crippen LogP contribution in [0.15, 0.2) is 41.8 Å². The van der Waals surface area contributed by atoms with Crippen LogP contribution < -0.4 is 11.5 Å². The molecular weight excluding hydrogens is 248 g/mol. The summed E-state index contributed by atoms with van der Waals surface area (Å²) in [7, 11) is 0. The van der Waals surface area contributed by atoms with Crippen molar-refractivity contribution in [3.63, 3.8) is 0 Å². The second kappa shape index (κ2) is 5.50. The lowest BCUT2D eigenvalue weighted by Crippen LogP contribution is -2.11. The second-order valence-electron chi connectivity index (χ2n) is 3.60. The smallest absolute Gasteiger partial charge is 0.248 e. The Morgan fingerprint density at radius 1 is 1.28 bits per heavy atom. The molecule has 92 valence electrons. The van der Waals surface area contributed by atoms with E-state index in [1.54, 1.807) is 36.7 Å². The van der Waals surface area contributed by atoms with Gasteiger partial charge in [0.15, 0.2) is 5.16 Å². The van der Waals surface area contributed by atoms with E-state index in [0.29, 0.717) is 22.2 Å². The van der Waals surface area contributed by atoms with Crippen LogP contribution in [-0.2, 0) is 5.75 Å². The highest BCUT2D eigenvalue weighted by molar-refractivity contribution is 7.98. The third-order valence-corrected chi connectivity index (χ3v) is 3.25. The standard InChI is InChI=1S/C12H12N4OS/c13-10-6-8(11(14)17)2-3-9(10)7-18-12-15-4-1-5-16-12/h1-6H,7,13H2,(H2,14,17). The van der Waals surface area contributed by atoms with Gasteiger partial charge in [0.25, 0.3) is 0 Å². The molecule has 2 aromatic rings. The molecule has 5 nitrogen and oxygen atoms in total. The second-order valence-corrected chi connectivity index (χ2v) is 4.54. The summed E-state index contributed by atoms with van der Waals surface area (Å²) < 4.78 is 0. The lowest BCUT2D eigenvalue weighted by molar-refractivity contribution is 0.100. The monoisotopic (exact) mass is 260 g/mol. The van der Waals surface area contributed by atoms with Crippen LogP contribution in [0.4, 0.5) is 5.69 Å². The van der Waals surface area contributed by atoms with E-state index in [1.807, 2.05) is 0 Å². The molecule has 1 amide bonds. The van der Waals surface area contributed by atoms with Gasteiger partial charge in [0.1, 0.15) is 0 Å². The molecule has 6 heteroatoms. The highest BCUT2D eigenvalue weighted by atomic mass is 32.2. The third-order valence-electron chi connectivity index (χ3n) is 2.33. The lowest BCUT2D eigenvalue weighted by atomic mass is 10.1. The number of nitrogen functional groups attached to an aromatic ring is 1. The summed E-state index contributed by atoms with van der Waals surface area (Å²) in [6, 6.07) is 6.82. The molecule has 0 fully saturated rings. The molecule has 0 aliphatic heterocycles. The molecule has 2 rings (SSSR count). The van der Waals surface area contributed by atoms with Crippen LogP contribution in [-0.4, -0.2) is 15.9 Å². The number of thioether (sulfide) groups is 1. The number of nitrogens with zero attached hydrogens (tertiary/aromatic N) is 2. The molecule has 0 aliphatic carbocycles. The number of amides is 1. The van der Waals surface area contributed by atoms with Crippen molar-refractivity contribution in [3.05, 3.63) is 47.8 Å². The number of hydrogen-bond acceptors (Lipinski definition) is 5. The number of rotatable bonds is 4. The first-order valence-electron chi connectivity index (χ1n) is 5.25. The van der Waals surface area contributed by atoms with Gasteiger partial charge in [-0.25, -0.2) is 9.97 Å². The summed E-state index contributed by atoms with van der Waals surface area (Å²) in [5.74, 6) is 0.168. The van der Waals surface area contributed by atoms with Gasteiger partial charge in [0.05, 0.1) is 0 Å². The van der Waals surface area contributed by atoms with Gasteiger partial charge in [-0.05, 0) is 23.8 Å². The van der Waals surface area contributed by atoms with E-state index in [1.165, 1.54) is 11.8 Å². The molecule has 0 atom stereocenters. The van der Waals surface area contributed by atoms with Crippen molar-refractivity contribution >= 4 is 23.4 Å². The molecule has 1 heterocycles. The van der Waals surface area contributed by atoms with Gasteiger partial charge >= 0.3 is 0 Å². The Hall–Kier alpha value is -2.08. The summed E-state index contributed by atoms with van der Waals surface area (Å²) >= 11 is 1.48. The zero-order valence-corrected chi connectivity index (χ0v) is 10.4. The molecule has 0 spiro atoms. The molecule has 0 unspecified atom stereocenters. The number of carbonyl (C=O) groups is 1. The normalized spacial score (nSPS) is 10.2. The Labute approximate surface area is 109 Å². The van der Waals surface area contributed by atoms with Crippen LogP contribution in [0.1, 0.15) is 15.9 Å². The Kier molecular flexibility index (Phi) is 3.78. The van der Waals surface area contributed by atoms with Crippen molar-refractivity contribution in [2.24, 2.45) is 5.73 Å². The van der Waals surface area contributed by atoms with Crippen molar-refractivity contribution in [3.8, 4) is 0 Å². The zero-order chi connectivity index (χ0) is 13.0. The Morgan fingerprint density at radius 2 is 2.00 bits per heavy atom. The number of aromatic nitrogens is 2. The number of anilines is 1. The predicted octanol–water partition coefficient (Wildman–Crippen LogP) is 1.45. The van der Waals surface area contributed by atoms with E-state index in [-0.39, 0.29) is 0 Å². The first kappa shape index (κ1) is 12.4. The summed E-state index contributed by atoms with van der Waals surface area (Å²) in [5.41, 5.74) is 12.9. The average Bonchev–Trinajstić information content (AvgIpc) is 2.38. The van der Waals surface area contributed by atoms with Crippen molar-refractivity contribution in [2.75, 3.05) is 5.73 Å². The Morgan fingerprint density at radius 3 is 2.61 bits per heavy atom. The Balaban J connectivity index is 2.08. The van der Waals surface area contributed by atoms with E-state index < -0.39 is 5.91 Å². The van der Waals surface area contributed by atoms with Crippen LogP contribution in [0.3, 0.4) is 0 Å². The predicted molar refractivity (Wildman–Crippen MR) is 71.0 cm³/mol. The van der Waals surface area contributed by atoms with Gasteiger partial charge in [-0.2, -0.15) is 0 Å².